The highest BCUT2D eigenvalue weighted by atomic mass is 32.2. The zero-order chi connectivity index (χ0) is 29.8. The molecule has 13 heteroatoms. The first-order valence-corrected chi connectivity index (χ1v) is 13.8. The van der Waals surface area contributed by atoms with Crippen molar-refractivity contribution in [2.24, 2.45) is 0 Å². The average molecular weight is 583 g/mol. The highest BCUT2D eigenvalue weighted by molar-refractivity contribution is 7.92. The molecule has 42 heavy (non-hydrogen) atoms. The quantitative estimate of drug-likeness (QED) is 0.190. The van der Waals surface area contributed by atoms with E-state index in [1.54, 1.807) is 54.6 Å². The summed E-state index contributed by atoms with van der Waals surface area (Å²) in [5, 5.41) is 23.3. The molecule has 208 valence electrons. The van der Waals surface area contributed by atoms with Crippen LogP contribution in [0.5, 0.6) is 11.5 Å². The molecule has 0 saturated heterocycles. The minimum Gasteiger partial charge on any atom is -0.456 e. The molecule has 0 saturated carbocycles. The van der Waals surface area contributed by atoms with Crippen LogP contribution in [0.4, 0.5) is 17.1 Å². The van der Waals surface area contributed by atoms with Gasteiger partial charge in [-0.15, -0.1) is 0 Å². The molecule has 4 aromatic rings. The second-order valence-corrected chi connectivity index (χ2v) is 11.1. The standard InChI is InChI=1S/C29H18N4O8S/c1-16(34)31-18-7-9-22-25(13-18)40-26-14-19(32-42(38,39)27-11-6-17(15-30)12-24(27)33(36)37)8-10-23(26)29(22)21-5-3-2-4-20(21)28(35)41-29/h2-14,32H,1H3,(H,31,34). The van der Waals surface area contributed by atoms with Gasteiger partial charge in [0.15, 0.2) is 10.5 Å². The van der Waals surface area contributed by atoms with E-state index in [1.807, 2.05) is 0 Å². The molecule has 6 rings (SSSR count). The number of ether oxygens (including phenoxy) is 2. The number of hydrogen-bond acceptors (Lipinski definition) is 9. The summed E-state index contributed by atoms with van der Waals surface area (Å²) >= 11 is 0. The maximum atomic E-state index is 13.2. The SMILES string of the molecule is CC(=O)Nc1ccc2c(c1)Oc1cc(NS(=O)(=O)c3ccc(C#N)cc3[N+](=O)[O-])ccc1C21OC(=O)c2ccccc21. The average Bonchev–Trinajstić information content (AvgIpc) is 3.24. The lowest BCUT2D eigenvalue weighted by Crippen LogP contribution is -2.33. The molecule has 0 aromatic heterocycles. The van der Waals surface area contributed by atoms with E-state index in [2.05, 4.69) is 10.0 Å². The number of carbonyl (C=O) groups excluding carboxylic acids is 2. The second-order valence-electron chi connectivity index (χ2n) is 9.48. The Labute approximate surface area is 238 Å². The maximum absolute atomic E-state index is 13.2. The molecule has 2 aliphatic rings. The van der Waals surface area contributed by atoms with E-state index in [0.29, 0.717) is 27.9 Å². The normalized spacial score (nSPS) is 16.2. The first kappa shape index (κ1) is 26.5. The molecule has 2 heterocycles. The number of anilines is 2. The Hall–Kier alpha value is -5.74. The topological polar surface area (TPSA) is 178 Å². The number of carbonyl (C=O) groups is 2. The zero-order valence-electron chi connectivity index (χ0n) is 21.6. The molecule has 2 aliphatic heterocycles. The highest BCUT2D eigenvalue weighted by Crippen LogP contribution is 2.56. The molecule has 1 spiro atoms. The van der Waals surface area contributed by atoms with Gasteiger partial charge in [-0.25, -0.2) is 13.2 Å². The molecule has 0 aliphatic carbocycles. The van der Waals surface area contributed by atoms with Crippen molar-refractivity contribution in [3.63, 3.8) is 0 Å². The Balaban J connectivity index is 1.48. The molecule has 2 N–H and O–H groups in total. The van der Waals surface area contributed by atoms with Crippen LogP contribution < -0.4 is 14.8 Å². The predicted octanol–water partition coefficient (Wildman–Crippen LogP) is 4.79. The van der Waals surface area contributed by atoms with Crippen molar-refractivity contribution in [1.82, 2.24) is 0 Å². The van der Waals surface area contributed by atoms with Crippen LogP contribution in [0.1, 0.15) is 39.5 Å². The Bertz CT molecular complexity index is 2020. The summed E-state index contributed by atoms with van der Waals surface area (Å²) in [7, 11) is -4.50. The largest absolute Gasteiger partial charge is 0.456 e. The van der Waals surface area contributed by atoms with Crippen LogP contribution in [0.15, 0.2) is 83.8 Å². The first-order valence-electron chi connectivity index (χ1n) is 12.3. The van der Waals surface area contributed by atoms with Gasteiger partial charge < -0.3 is 14.8 Å². The highest BCUT2D eigenvalue weighted by Gasteiger charge is 2.53. The number of rotatable bonds is 5. The number of fused-ring (bicyclic) bond motifs is 6. The van der Waals surface area contributed by atoms with Gasteiger partial charge in [0, 0.05) is 47.5 Å². The second kappa shape index (κ2) is 9.43. The van der Waals surface area contributed by atoms with Crippen LogP contribution in [0.3, 0.4) is 0 Å². The summed E-state index contributed by atoms with van der Waals surface area (Å²) in [5.74, 6) is -0.483. The number of nitriles is 1. The lowest BCUT2D eigenvalue weighted by Gasteiger charge is -2.36. The molecule has 4 aromatic carbocycles. The Kier molecular flexibility index (Phi) is 5.94. The number of nitro groups is 1. The predicted molar refractivity (Wildman–Crippen MR) is 148 cm³/mol. The van der Waals surface area contributed by atoms with Crippen LogP contribution in [0.2, 0.25) is 0 Å². The van der Waals surface area contributed by atoms with Gasteiger partial charge in [-0.05, 0) is 42.5 Å². The van der Waals surface area contributed by atoms with Crippen molar-refractivity contribution >= 4 is 39.0 Å². The third-order valence-electron chi connectivity index (χ3n) is 6.86. The van der Waals surface area contributed by atoms with E-state index in [0.717, 1.165) is 18.2 Å². The van der Waals surface area contributed by atoms with Gasteiger partial charge in [0.05, 0.1) is 27.8 Å². The lowest BCUT2D eigenvalue weighted by atomic mass is 9.77. The summed E-state index contributed by atoms with van der Waals surface area (Å²) in [6.07, 6.45) is 0. The van der Waals surface area contributed by atoms with E-state index < -0.39 is 37.1 Å². The molecular weight excluding hydrogens is 564 g/mol. The van der Waals surface area contributed by atoms with Crippen molar-refractivity contribution in [3.8, 4) is 17.6 Å². The van der Waals surface area contributed by atoms with Crippen molar-refractivity contribution in [3.05, 3.63) is 117 Å². The summed E-state index contributed by atoms with van der Waals surface area (Å²) in [6, 6.07) is 20.9. The van der Waals surface area contributed by atoms with E-state index >= 15 is 0 Å². The van der Waals surface area contributed by atoms with Gasteiger partial charge in [-0.2, -0.15) is 5.26 Å². The molecule has 0 fully saturated rings. The van der Waals surface area contributed by atoms with Crippen LogP contribution in [0.25, 0.3) is 0 Å². The Morgan fingerprint density at radius 1 is 0.952 bits per heavy atom. The minimum atomic E-state index is -4.50. The van der Waals surface area contributed by atoms with E-state index in [1.165, 1.54) is 19.1 Å². The number of nitrogens with zero attached hydrogens (tertiary/aromatic N) is 2. The third-order valence-corrected chi connectivity index (χ3v) is 8.29. The van der Waals surface area contributed by atoms with Crippen molar-refractivity contribution in [2.75, 3.05) is 10.0 Å². The van der Waals surface area contributed by atoms with Gasteiger partial charge in [-0.1, -0.05) is 18.2 Å². The van der Waals surface area contributed by atoms with E-state index in [-0.39, 0.29) is 28.7 Å². The van der Waals surface area contributed by atoms with Gasteiger partial charge in [0.2, 0.25) is 5.91 Å². The number of benzene rings is 4. The fraction of sp³-hybridized carbons (Fsp3) is 0.0690. The lowest BCUT2D eigenvalue weighted by molar-refractivity contribution is -0.387. The number of nitrogens with one attached hydrogen (secondary N) is 2. The molecule has 1 atom stereocenters. The van der Waals surface area contributed by atoms with Crippen molar-refractivity contribution in [2.45, 2.75) is 17.4 Å². The summed E-state index contributed by atoms with van der Waals surface area (Å²) in [4.78, 5) is 34.8. The number of hydrogen-bond donors (Lipinski definition) is 2. The first-order chi connectivity index (χ1) is 20.0. The van der Waals surface area contributed by atoms with Crippen LogP contribution >= 0.6 is 0 Å². The minimum absolute atomic E-state index is 0.00151. The van der Waals surface area contributed by atoms with Crippen molar-refractivity contribution < 1.29 is 32.4 Å². The monoisotopic (exact) mass is 582 g/mol. The third kappa shape index (κ3) is 4.09. The summed E-state index contributed by atoms with van der Waals surface area (Å²) < 4.78 is 41.1. The van der Waals surface area contributed by atoms with Gasteiger partial charge in [0.25, 0.3) is 15.7 Å². The zero-order valence-corrected chi connectivity index (χ0v) is 22.4. The van der Waals surface area contributed by atoms with Gasteiger partial charge in [-0.3, -0.25) is 19.6 Å². The van der Waals surface area contributed by atoms with E-state index in [9.17, 15) is 28.1 Å². The van der Waals surface area contributed by atoms with Crippen LogP contribution in [0, 0.1) is 21.4 Å². The number of amides is 1. The molecule has 1 unspecified atom stereocenters. The molecule has 1 amide bonds. The summed E-state index contributed by atoms with van der Waals surface area (Å²) in [5.41, 5.74) is -0.0506. The Morgan fingerprint density at radius 3 is 2.29 bits per heavy atom. The molecular formula is C29H18N4O8S. The van der Waals surface area contributed by atoms with Crippen LogP contribution in [-0.2, 0) is 25.2 Å². The molecule has 0 bridgehead atoms. The van der Waals surface area contributed by atoms with Gasteiger partial charge >= 0.3 is 5.97 Å². The fourth-order valence-electron chi connectivity index (χ4n) is 5.19. The van der Waals surface area contributed by atoms with Gasteiger partial charge in [0.1, 0.15) is 11.5 Å². The fourth-order valence-corrected chi connectivity index (χ4v) is 6.39. The van der Waals surface area contributed by atoms with Crippen LogP contribution in [-0.4, -0.2) is 25.2 Å². The number of sulfonamides is 1. The number of nitro benzene ring substituents is 1. The molecule has 0 radical (unpaired) electrons. The smallest absolute Gasteiger partial charge is 0.340 e. The number of esters is 1. The van der Waals surface area contributed by atoms with E-state index in [4.69, 9.17) is 14.7 Å². The van der Waals surface area contributed by atoms with Crippen molar-refractivity contribution in [1.29, 1.82) is 5.26 Å². The Morgan fingerprint density at radius 2 is 1.62 bits per heavy atom. The summed E-state index contributed by atoms with van der Waals surface area (Å²) in [6.45, 7) is 1.35. The maximum Gasteiger partial charge on any atom is 0.340 e. The molecule has 12 nitrogen and oxygen atoms in total.